The predicted octanol–water partition coefficient (Wildman–Crippen LogP) is 4.52. The Hall–Kier alpha value is -2.89. The molecule has 1 amide bonds. The number of anilines is 1. The van der Waals surface area contributed by atoms with Gasteiger partial charge >= 0.3 is 0 Å². The van der Waals surface area contributed by atoms with Crippen LogP contribution in [-0.2, 0) is 21.3 Å². The fourth-order valence-electron chi connectivity index (χ4n) is 3.95. The summed E-state index contributed by atoms with van der Waals surface area (Å²) >= 11 is 7.68. The van der Waals surface area contributed by atoms with Gasteiger partial charge in [0.25, 0.3) is 5.91 Å². The number of hydrogen-bond acceptors (Lipinski definition) is 7. The number of benzene rings is 2. The summed E-state index contributed by atoms with van der Waals surface area (Å²) in [5.41, 5.74) is 2.64. The van der Waals surface area contributed by atoms with Crippen molar-refractivity contribution >= 4 is 54.2 Å². The van der Waals surface area contributed by atoms with Crippen molar-refractivity contribution in [3.8, 4) is 0 Å². The van der Waals surface area contributed by atoms with Gasteiger partial charge < -0.3 is 4.74 Å². The first kappa shape index (κ1) is 24.8. The Labute approximate surface area is 218 Å². The van der Waals surface area contributed by atoms with E-state index in [0.717, 1.165) is 15.8 Å². The van der Waals surface area contributed by atoms with E-state index in [9.17, 15) is 13.2 Å². The van der Waals surface area contributed by atoms with Crippen molar-refractivity contribution in [2.24, 2.45) is 0 Å². The van der Waals surface area contributed by atoms with Gasteiger partial charge in [-0.05, 0) is 61.0 Å². The predicted molar refractivity (Wildman–Crippen MR) is 140 cm³/mol. The molecular formula is C25H23ClN4O4S2. The molecule has 1 aliphatic heterocycles. The average molecular weight is 543 g/mol. The summed E-state index contributed by atoms with van der Waals surface area (Å²) in [5.74, 6) is -0.307. The van der Waals surface area contributed by atoms with Crippen LogP contribution in [0.5, 0.6) is 0 Å². The molecule has 3 heterocycles. The Bertz CT molecular complexity index is 1500. The number of rotatable bonds is 6. The Morgan fingerprint density at radius 3 is 2.56 bits per heavy atom. The summed E-state index contributed by atoms with van der Waals surface area (Å²) in [6, 6.07) is 15.2. The van der Waals surface area contributed by atoms with Crippen molar-refractivity contribution < 1.29 is 17.9 Å². The van der Waals surface area contributed by atoms with E-state index in [2.05, 4.69) is 4.98 Å². The number of aromatic nitrogens is 2. The molecule has 1 saturated heterocycles. The molecular weight excluding hydrogens is 520 g/mol. The quantitative estimate of drug-likeness (QED) is 0.355. The number of hydrogen-bond donors (Lipinski definition) is 0. The molecule has 2 aromatic carbocycles. The van der Waals surface area contributed by atoms with Crippen molar-refractivity contribution in [3.63, 3.8) is 0 Å². The third-order valence-corrected chi connectivity index (χ3v) is 9.33. The lowest BCUT2D eigenvalue weighted by molar-refractivity contribution is 0.0730. The van der Waals surface area contributed by atoms with Crippen LogP contribution in [0.4, 0.5) is 5.13 Å². The summed E-state index contributed by atoms with van der Waals surface area (Å²) in [6.45, 7) is 3.45. The van der Waals surface area contributed by atoms with Crippen molar-refractivity contribution in [1.82, 2.24) is 14.3 Å². The maximum atomic E-state index is 13.7. The number of pyridine rings is 1. The molecule has 0 saturated carbocycles. The zero-order chi connectivity index (χ0) is 25.3. The van der Waals surface area contributed by atoms with E-state index in [1.54, 1.807) is 11.1 Å². The van der Waals surface area contributed by atoms with Crippen LogP contribution in [0.1, 0.15) is 21.6 Å². The number of carbonyl (C=O) groups is 1. The fourth-order valence-corrected chi connectivity index (χ4v) is 6.53. The van der Waals surface area contributed by atoms with Crippen LogP contribution in [0.3, 0.4) is 0 Å². The highest BCUT2D eigenvalue weighted by molar-refractivity contribution is 7.89. The number of carbonyl (C=O) groups excluding carboxylic acids is 1. The number of fused-ring (bicyclic) bond motifs is 1. The van der Waals surface area contributed by atoms with Gasteiger partial charge in [-0.25, -0.2) is 13.4 Å². The highest BCUT2D eigenvalue weighted by atomic mass is 35.5. The summed E-state index contributed by atoms with van der Waals surface area (Å²) in [7, 11) is -3.66. The maximum Gasteiger partial charge on any atom is 0.260 e. The van der Waals surface area contributed by atoms with E-state index in [1.807, 2.05) is 37.3 Å². The number of thiazole rings is 1. The molecule has 11 heteroatoms. The van der Waals surface area contributed by atoms with E-state index in [-0.39, 0.29) is 17.3 Å². The number of sulfonamides is 1. The van der Waals surface area contributed by atoms with Gasteiger partial charge in [-0.3, -0.25) is 14.7 Å². The number of aryl methyl sites for hydroxylation is 1. The molecule has 36 heavy (non-hydrogen) atoms. The number of morpholine rings is 1. The minimum Gasteiger partial charge on any atom is -0.379 e. The smallest absolute Gasteiger partial charge is 0.260 e. The molecule has 2 aromatic heterocycles. The summed E-state index contributed by atoms with van der Waals surface area (Å²) in [6.07, 6.45) is 1.67. The van der Waals surface area contributed by atoms with Crippen molar-refractivity contribution in [2.45, 2.75) is 18.4 Å². The first-order valence-corrected chi connectivity index (χ1v) is 13.9. The highest BCUT2D eigenvalue weighted by Gasteiger charge is 2.28. The molecule has 4 aromatic rings. The Balaban J connectivity index is 1.49. The normalized spacial score (nSPS) is 14.7. The van der Waals surface area contributed by atoms with E-state index in [4.69, 9.17) is 21.3 Å². The fraction of sp³-hybridized carbons (Fsp3) is 0.240. The van der Waals surface area contributed by atoms with E-state index in [1.165, 1.54) is 39.9 Å². The molecule has 1 fully saturated rings. The van der Waals surface area contributed by atoms with Crippen LogP contribution in [0, 0.1) is 6.92 Å². The van der Waals surface area contributed by atoms with Crippen molar-refractivity contribution in [2.75, 3.05) is 31.2 Å². The lowest BCUT2D eigenvalue weighted by Crippen LogP contribution is -2.40. The SMILES string of the molecule is Cc1c(Cl)ccc2sc(N(Cc3ccccn3)C(=O)c3ccc(S(=O)(=O)N4CCOCC4)cc3)nc12. The van der Waals surface area contributed by atoms with Gasteiger partial charge in [0.1, 0.15) is 0 Å². The molecule has 0 atom stereocenters. The lowest BCUT2D eigenvalue weighted by Gasteiger charge is -2.26. The number of ether oxygens (including phenoxy) is 1. The largest absolute Gasteiger partial charge is 0.379 e. The van der Waals surface area contributed by atoms with Gasteiger partial charge in [-0.1, -0.05) is 29.0 Å². The van der Waals surface area contributed by atoms with Crippen molar-refractivity contribution in [1.29, 1.82) is 0 Å². The zero-order valence-corrected chi connectivity index (χ0v) is 21.8. The molecule has 5 rings (SSSR count). The Morgan fingerprint density at radius 1 is 1.11 bits per heavy atom. The van der Waals surface area contributed by atoms with Crippen LogP contribution < -0.4 is 4.90 Å². The third kappa shape index (κ3) is 4.87. The van der Waals surface area contributed by atoms with Gasteiger partial charge in [0, 0.05) is 29.9 Å². The van der Waals surface area contributed by atoms with E-state index in [0.29, 0.717) is 47.7 Å². The second kappa shape index (κ2) is 10.2. The summed E-state index contributed by atoms with van der Waals surface area (Å²) in [4.78, 5) is 24.5. The Kier molecular flexibility index (Phi) is 7.05. The molecule has 1 aliphatic rings. The Morgan fingerprint density at radius 2 is 1.86 bits per heavy atom. The first-order valence-electron chi connectivity index (χ1n) is 11.3. The minimum atomic E-state index is -3.66. The zero-order valence-electron chi connectivity index (χ0n) is 19.4. The van der Waals surface area contributed by atoms with Gasteiger partial charge in [-0.15, -0.1) is 0 Å². The first-order chi connectivity index (χ1) is 17.3. The van der Waals surface area contributed by atoms with Crippen LogP contribution in [0.2, 0.25) is 5.02 Å². The van der Waals surface area contributed by atoms with Crippen LogP contribution in [0.15, 0.2) is 65.7 Å². The van der Waals surface area contributed by atoms with E-state index < -0.39 is 10.0 Å². The molecule has 186 valence electrons. The number of amides is 1. The van der Waals surface area contributed by atoms with Gasteiger partial charge in [-0.2, -0.15) is 4.31 Å². The molecule has 0 spiro atoms. The van der Waals surface area contributed by atoms with Gasteiger partial charge in [0.15, 0.2) is 5.13 Å². The maximum absolute atomic E-state index is 13.7. The minimum absolute atomic E-state index is 0.141. The second-order valence-electron chi connectivity index (χ2n) is 8.27. The average Bonchev–Trinajstić information content (AvgIpc) is 3.35. The molecule has 0 unspecified atom stereocenters. The number of nitrogens with zero attached hydrogens (tertiary/aromatic N) is 4. The van der Waals surface area contributed by atoms with Crippen LogP contribution in [0.25, 0.3) is 10.2 Å². The monoisotopic (exact) mass is 542 g/mol. The van der Waals surface area contributed by atoms with Gasteiger partial charge in [0.2, 0.25) is 10.0 Å². The lowest BCUT2D eigenvalue weighted by atomic mass is 10.2. The molecule has 0 aliphatic carbocycles. The molecule has 0 N–H and O–H groups in total. The van der Waals surface area contributed by atoms with Crippen molar-refractivity contribution in [3.05, 3.63) is 82.6 Å². The molecule has 0 radical (unpaired) electrons. The molecule has 8 nitrogen and oxygen atoms in total. The number of halogens is 1. The second-order valence-corrected chi connectivity index (χ2v) is 11.6. The van der Waals surface area contributed by atoms with Gasteiger partial charge in [0.05, 0.1) is 40.6 Å². The summed E-state index contributed by atoms with van der Waals surface area (Å²) in [5, 5.41) is 1.12. The third-order valence-electron chi connectivity index (χ3n) is 5.97. The summed E-state index contributed by atoms with van der Waals surface area (Å²) < 4.78 is 33.5. The standard InChI is InChI=1S/C25H23ClN4O4S2/c1-17-21(26)9-10-22-23(17)28-25(35-22)30(16-19-4-2-3-11-27-19)24(31)18-5-7-20(8-6-18)36(32,33)29-12-14-34-15-13-29/h2-11H,12-16H2,1H3. The topological polar surface area (TPSA) is 92.7 Å². The highest BCUT2D eigenvalue weighted by Crippen LogP contribution is 2.34. The van der Waals surface area contributed by atoms with E-state index >= 15 is 0 Å². The van der Waals surface area contributed by atoms with Crippen LogP contribution >= 0.6 is 22.9 Å². The molecule has 0 bridgehead atoms. The van der Waals surface area contributed by atoms with Crippen LogP contribution in [-0.4, -0.2) is 54.9 Å².